The molecule has 3 aromatic rings. The topological polar surface area (TPSA) is 101 Å². The number of aromatic nitrogens is 2. The van der Waals surface area contributed by atoms with Crippen molar-refractivity contribution in [1.82, 2.24) is 20.2 Å². The van der Waals surface area contributed by atoms with Gasteiger partial charge in [0.1, 0.15) is 34.9 Å². The van der Waals surface area contributed by atoms with Crippen molar-refractivity contribution in [3.8, 4) is 17.0 Å². The van der Waals surface area contributed by atoms with Crippen LogP contribution in [0.4, 0.5) is 0 Å². The summed E-state index contributed by atoms with van der Waals surface area (Å²) in [4.78, 5) is 22.4. The van der Waals surface area contributed by atoms with Crippen LogP contribution >= 0.6 is 11.6 Å². The van der Waals surface area contributed by atoms with E-state index in [9.17, 15) is 9.90 Å². The maximum atomic E-state index is 12.4. The second-order valence-corrected chi connectivity index (χ2v) is 8.76. The smallest absolute Gasteiger partial charge is 0.237 e. The van der Waals surface area contributed by atoms with Crippen LogP contribution in [-0.4, -0.2) is 59.7 Å². The van der Waals surface area contributed by atoms with Crippen molar-refractivity contribution in [2.75, 3.05) is 33.8 Å². The van der Waals surface area contributed by atoms with E-state index < -0.39 is 11.5 Å². The summed E-state index contributed by atoms with van der Waals surface area (Å²) in [6, 6.07) is 10.9. The van der Waals surface area contributed by atoms with Gasteiger partial charge in [-0.2, -0.15) is 0 Å². The summed E-state index contributed by atoms with van der Waals surface area (Å²) in [5.74, 6) is 1.01. The van der Waals surface area contributed by atoms with Gasteiger partial charge in [0.2, 0.25) is 11.8 Å². The van der Waals surface area contributed by atoms with Crippen molar-refractivity contribution in [3.05, 3.63) is 65.5 Å². The molecule has 33 heavy (non-hydrogen) atoms. The third-order valence-corrected chi connectivity index (χ3v) is 5.37. The number of likely N-dealkylation sites (N-methyl/N-ethyl adjacent to an activating group) is 1. The van der Waals surface area contributed by atoms with Crippen LogP contribution in [0.2, 0.25) is 5.15 Å². The van der Waals surface area contributed by atoms with Gasteiger partial charge in [0.15, 0.2) is 0 Å². The molecular weight excluding hydrogens is 444 g/mol. The molecule has 0 aliphatic rings. The highest BCUT2D eigenvalue weighted by Crippen LogP contribution is 2.28. The average molecular weight is 473 g/mol. The minimum atomic E-state index is -0.852. The molecule has 176 valence electrons. The number of carbonyl (C=O) groups is 1. The zero-order valence-corrected chi connectivity index (χ0v) is 20.0. The molecular formula is C24H29ClN4O4. The number of nitrogens with zero attached hydrogens (tertiary/aromatic N) is 3. The zero-order chi connectivity index (χ0) is 24.0. The van der Waals surface area contributed by atoms with Gasteiger partial charge in [-0.05, 0) is 44.2 Å². The molecule has 0 bridgehead atoms. The molecule has 0 spiro atoms. The number of rotatable bonds is 10. The maximum absolute atomic E-state index is 12.4. The van der Waals surface area contributed by atoms with Crippen molar-refractivity contribution >= 4 is 17.5 Å². The van der Waals surface area contributed by atoms with Crippen molar-refractivity contribution in [2.45, 2.75) is 25.4 Å². The molecule has 2 heterocycles. The molecule has 0 unspecified atom stereocenters. The first-order valence-electron chi connectivity index (χ1n) is 10.6. The second-order valence-electron chi connectivity index (χ2n) is 8.37. The minimum Gasteiger partial charge on any atom is -0.492 e. The van der Waals surface area contributed by atoms with E-state index in [1.54, 1.807) is 52.5 Å². The van der Waals surface area contributed by atoms with Crippen LogP contribution in [0.25, 0.3) is 11.3 Å². The van der Waals surface area contributed by atoms with Crippen molar-refractivity contribution in [3.63, 3.8) is 0 Å². The summed E-state index contributed by atoms with van der Waals surface area (Å²) in [6.45, 7) is 4.98. The van der Waals surface area contributed by atoms with Gasteiger partial charge in [-0.15, -0.1) is 0 Å². The molecule has 0 fully saturated rings. The van der Waals surface area contributed by atoms with Gasteiger partial charge in [0.05, 0.1) is 6.10 Å². The minimum absolute atomic E-state index is 0.0781. The maximum Gasteiger partial charge on any atom is 0.237 e. The molecule has 1 aromatic carbocycles. The predicted molar refractivity (Wildman–Crippen MR) is 126 cm³/mol. The molecule has 0 saturated heterocycles. The number of hydrogen-bond acceptors (Lipinski definition) is 7. The number of carbonyl (C=O) groups excluding carboxylic acids is 1. The van der Waals surface area contributed by atoms with Gasteiger partial charge >= 0.3 is 0 Å². The number of halogens is 1. The lowest BCUT2D eigenvalue weighted by Gasteiger charge is -2.23. The standard InChI is InChI=1S/C24H29ClN4O4/c1-24(2,23(31)29(3)4)22-28-19(15-33-22)16-5-8-18(9-6-16)32-12-11-26-14-20(30)17-7-10-21(25)27-13-17/h5-10,13,15,20,26,30H,11-12,14H2,1-4H3/t20-/m1/s1. The van der Waals surface area contributed by atoms with Gasteiger partial charge < -0.3 is 24.5 Å². The molecule has 0 aliphatic carbocycles. The van der Waals surface area contributed by atoms with Gasteiger partial charge in [0.25, 0.3) is 0 Å². The number of aliphatic hydroxyl groups is 1. The lowest BCUT2D eigenvalue weighted by molar-refractivity contribution is -0.134. The van der Waals surface area contributed by atoms with Crippen LogP contribution in [0.3, 0.4) is 0 Å². The molecule has 9 heteroatoms. The Morgan fingerprint density at radius 1 is 1.24 bits per heavy atom. The first kappa shape index (κ1) is 24.7. The zero-order valence-electron chi connectivity index (χ0n) is 19.2. The summed E-state index contributed by atoms with van der Waals surface area (Å²) < 4.78 is 11.4. The van der Waals surface area contributed by atoms with E-state index in [-0.39, 0.29) is 5.91 Å². The van der Waals surface area contributed by atoms with Crippen molar-refractivity contribution < 1.29 is 19.1 Å². The van der Waals surface area contributed by atoms with Gasteiger partial charge in [-0.25, -0.2) is 9.97 Å². The summed E-state index contributed by atoms with van der Waals surface area (Å²) >= 11 is 5.76. The van der Waals surface area contributed by atoms with E-state index in [1.807, 2.05) is 24.3 Å². The number of aliphatic hydroxyl groups excluding tert-OH is 1. The predicted octanol–water partition coefficient (Wildman–Crippen LogP) is 3.46. The quantitative estimate of drug-likeness (QED) is 0.344. The fourth-order valence-electron chi connectivity index (χ4n) is 3.25. The summed E-state index contributed by atoms with van der Waals surface area (Å²) in [5.41, 5.74) is 1.37. The molecule has 3 rings (SSSR count). The van der Waals surface area contributed by atoms with Gasteiger partial charge in [-0.3, -0.25) is 4.79 Å². The highest BCUT2D eigenvalue weighted by molar-refractivity contribution is 6.29. The van der Waals surface area contributed by atoms with E-state index in [4.69, 9.17) is 20.8 Å². The Labute approximate surface area is 198 Å². The SMILES string of the molecule is CN(C)C(=O)C(C)(C)c1nc(-c2ccc(OCCNC[C@@H](O)c3ccc(Cl)nc3)cc2)co1. The van der Waals surface area contributed by atoms with E-state index in [2.05, 4.69) is 15.3 Å². The number of pyridine rings is 1. The molecule has 2 N–H and O–H groups in total. The fraction of sp³-hybridized carbons (Fsp3) is 0.375. The Bertz CT molecular complexity index is 1050. The number of nitrogens with one attached hydrogen (secondary N) is 1. The molecule has 0 radical (unpaired) electrons. The Balaban J connectivity index is 1.47. The highest BCUT2D eigenvalue weighted by atomic mass is 35.5. The van der Waals surface area contributed by atoms with Gasteiger partial charge in [0, 0.05) is 44.5 Å². The second kappa shape index (κ2) is 10.8. The Morgan fingerprint density at radius 2 is 1.97 bits per heavy atom. The van der Waals surface area contributed by atoms with Crippen LogP contribution < -0.4 is 10.1 Å². The Hall–Kier alpha value is -2.94. The number of benzene rings is 1. The summed E-state index contributed by atoms with van der Waals surface area (Å²) in [6.07, 6.45) is 2.45. The average Bonchev–Trinajstić information content (AvgIpc) is 3.30. The van der Waals surface area contributed by atoms with E-state index >= 15 is 0 Å². The van der Waals surface area contributed by atoms with Crippen molar-refractivity contribution in [2.24, 2.45) is 0 Å². The number of ether oxygens (including phenoxy) is 1. The third-order valence-electron chi connectivity index (χ3n) is 5.15. The van der Waals surface area contributed by atoms with E-state index in [0.29, 0.717) is 42.0 Å². The highest BCUT2D eigenvalue weighted by Gasteiger charge is 2.36. The number of hydrogen-bond donors (Lipinski definition) is 2. The summed E-state index contributed by atoms with van der Waals surface area (Å²) in [5, 5.41) is 13.7. The van der Waals surface area contributed by atoms with Crippen LogP contribution in [0.5, 0.6) is 5.75 Å². The Morgan fingerprint density at radius 3 is 2.61 bits per heavy atom. The van der Waals surface area contributed by atoms with Crippen LogP contribution in [0, 0.1) is 0 Å². The summed E-state index contributed by atoms with van der Waals surface area (Å²) in [7, 11) is 3.42. The largest absolute Gasteiger partial charge is 0.492 e. The lowest BCUT2D eigenvalue weighted by Crippen LogP contribution is -2.39. The lowest BCUT2D eigenvalue weighted by atomic mass is 9.91. The number of amides is 1. The molecule has 8 nitrogen and oxygen atoms in total. The normalized spacial score (nSPS) is 12.4. The van der Waals surface area contributed by atoms with Crippen LogP contribution in [0.15, 0.2) is 53.3 Å². The molecule has 1 atom stereocenters. The monoisotopic (exact) mass is 472 g/mol. The van der Waals surface area contributed by atoms with Crippen molar-refractivity contribution in [1.29, 1.82) is 0 Å². The fourth-order valence-corrected chi connectivity index (χ4v) is 3.36. The molecule has 0 saturated carbocycles. The molecule has 1 amide bonds. The Kier molecular flexibility index (Phi) is 8.07. The molecule has 2 aromatic heterocycles. The number of oxazole rings is 1. The third kappa shape index (κ3) is 6.31. The first-order valence-corrected chi connectivity index (χ1v) is 11.0. The van der Waals surface area contributed by atoms with Crippen LogP contribution in [-0.2, 0) is 10.2 Å². The molecule has 0 aliphatic heterocycles. The van der Waals surface area contributed by atoms with E-state index in [0.717, 1.165) is 11.3 Å². The first-order chi connectivity index (χ1) is 15.7. The van der Waals surface area contributed by atoms with Crippen LogP contribution in [0.1, 0.15) is 31.4 Å². The van der Waals surface area contributed by atoms with Gasteiger partial charge in [-0.1, -0.05) is 17.7 Å². The van der Waals surface area contributed by atoms with E-state index in [1.165, 1.54) is 4.90 Å².